The summed E-state index contributed by atoms with van der Waals surface area (Å²) in [6.07, 6.45) is 1.19. The summed E-state index contributed by atoms with van der Waals surface area (Å²) in [5.41, 5.74) is 0. The van der Waals surface area contributed by atoms with Gasteiger partial charge in [-0.2, -0.15) is 13.2 Å². The van der Waals surface area contributed by atoms with Crippen LogP contribution in [0.2, 0.25) is 0 Å². The minimum atomic E-state index is -4.30. The molecule has 0 radical (unpaired) electrons. The molecule has 4 fully saturated rings. The first-order chi connectivity index (χ1) is 8.42. The second-order valence-electron chi connectivity index (χ2n) is 6.29. The molecule has 1 amide bonds. The van der Waals surface area contributed by atoms with Crippen LogP contribution in [0.15, 0.2) is 0 Å². The van der Waals surface area contributed by atoms with Crippen LogP contribution in [0, 0.1) is 29.6 Å². The molecule has 0 aromatic heterocycles. The smallest absolute Gasteiger partial charge is 0.347 e. The zero-order valence-corrected chi connectivity index (χ0v) is 10.2. The lowest BCUT2D eigenvalue weighted by Crippen LogP contribution is -2.52. The molecule has 0 aliphatic heterocycles. The molecule has 102 valence electrons. The van der Waals surface area contributed by atoms with Gasteiger partial charge in [0, 0.05) is 5.92 Å². The molecule has 0 saturated heterocycles. The fraction of sp³-hybridized carbons (Fsp3) is 0.923. The first-order valence-electron chi connectivity index (χ1n) is 6.77. The van der Waals surface area contributed by atoms with Gasteiger partial charge in [-0.05, 0) is 55.8 Å². The molecule has 4 saturated carbocycles. The summed E-state index contributed by atoms with van der Waals surface area (Å²) in [4.78, 5) is 12.0. The average molecular weight is 261 g/mol. The maximum absolute atomic E-state index is 12.1. The third-order valence-corrected chi connectivity index (χ3v) is 4.99. The highest BCUT2D eigenvalue weighted by atomic mass is 19.4. The van der Waals surface area contributed by atoms with Crippen molar-refractivity contribution in [2.24, 2.45) is 29.6 Å². The van der Waals surface area contributed by atoms with Crippen molar-refractivity contribution in [3.05, 3.63) is 0 Å². The van der Waals surface area contributed by atoms with Crippen molar-refractivity contribution in [3.8, 4) is 0 Å². The quantitative estimate of drug-likeness (QED) is 0.813. The largest absolute Gasteiger partial charge is 0.405 e. The van der Waals surface area contributed by atoms with Crippen molar-refractivity contribution in [3.63, 3.8) is 0 Å². The summed E-state index contributed by atoms with van der Waals surface area (Å²) in [6, 6.07) is 0. The standard InChI is InChI=1S/C13H18F3NO/c14-13(15,16)6-17-12(18)11-9-2-7-1-8(4-9)5-10(11)3-7/h7-11H,1-6H2,(H,17,18). The highest BCUT2D eigenvalue weighted by molar-refractivity contribution is 5.79. The molecule has 4 aliphatic rings. The summed E-state index contributed by atoms with van der Waals surface area (Å²) in [5.74, 6) is 1.64. The summed E-state index contributed by atoms with van der Waals surface area (Å²) in [5, 5.41) is 2.09. The summed E-state index contributed by atoms with van der Waals surface area (Å²) >= 11 is 0. The van der Waals surface area contributed by atoms with Crippen molar-refractivity contribution >= 4 is 5.91 Å². The predicted molar refractivity (Wildman–Crippen MR) is 59.6 cm³/mol. The van der Waals surface area contributed by atoms with Gasteiger partial charge in [0.05, 0.1) is 0 Å². The van der Waals surface area contributed by atoms with Crippen LogP contribution in [0.5, 0.6) is 0 Å². The number of carbonyl (C=O) groups is 1. The van der Waals surface area contributed by atoms with Crippen LogP contribution in [0.4, 0.5) is 13.2 Å². The number of hydrogen-bond acceptors (Lipinski definition) is 1. The molecule has 18 heavy (non-hydrogen) atoms. The van der Waals surface area contributed by atoms with Crippen molar-refractivity contribution in [2.45, 2.75) is 38.3 Å². The van der Waals surface area contributed by atoms with Crippen LogP contribution in [0.1, 0.15) is 32.1 Å². The van der Waals surface area contributed by atoms with E-state index in [9.17, 15) is 18.0 Å². The van der Waals surface area contributed by atoms with Gasteiger partial charge < -0.3 is 5.32 Å². The lowest BCUT2D eigenvalue weighted by molar-refractivity contribution is -0.149. The summed E-state index contributed by atoms with van der Waals surface area (Å²) < 4.78 is 36.4. The van der Waals surface area contributed by atoms with Gasteiger partial charge in [-0.25, -0.2) is 0 Å². The highest BCUT2D eigenvalue weighted by Crippen LogP contribution is 2.56. The lowest BCUT2D eigenvalue weighted by atomic mass is 9.51. The fourth-order valence-corrected chi connectivity index (χ4v) is 4.66. The van der Waals surface area contributed by atoms with E-state index in [0.29, 0.717) is 11.8 Å². The number of hydrogen-bond donors (Lipinski definition) is 1. The van der Waals surface area contributed by atoms with Gasteiger partial charge in [-0.1, -0.05) is 0 Å². The zero-order chi connectivity index (χ0) is 12.9. The number of carbonyl (C=O) groups excluding carboxylic acids is 1. The van der Waals surface area contributed by atoms with E-state index in [-0.39, 0.29) is 11.8 Å². The molecule has 4 aliphatic carbocycles. The molecule has 0 spiro atoms. The maximum atomic E-state index is 12.1. The summed E-state index contributed by atoms with van der Waals surface area (Å²) in [6.45, 7) is -1.19. The molecule has 5 heteroatoms. The Hall–Kier alpha value is -0.740. The zero-order valence-electron chi connectivity index (χ0n) is 10.2. The first-order valence-corrected chi connectivity index (χ1v) is 6.77. The minimum absolute atomic E-state index is 0.153. The van der Waals surface area contributed by atoms with Gasteiger partial charge in [0.15, 0.2) is 0 Å². The normalized spacial score (nSPS) is 42.1. The van der Waals surface area contributed by atoms with E-state index in [1.807, 2.05) is 0 Å². The van der Waals surface area contributed by atoms with Gasteiger partial charge in [0.25, 0.3) is 0 Å². The number of amides is 1. The van der Waals surface area contributed by atoms with Crippen LogP contribution < -0.4 is 5.32 Å². The van der Waals surface area contributed by atoms with Crippen molar-refractivity contribution in [1.82, 2.24) is 5.32 Å². The van der Waals surface area contributed by atoms with Crippen LogP contribution in [-0.2, 0) is 4.79 Å². The SMILES string of the molecule is O=C(NCC(F)(F)F)C1C2CC3CC(C2)CC1C3. The maximum Gasteiger partial charge on any atom is 0.405 e. The Bertz CT molecular complexity index is 325. The minimum Gasteiger partial charge on any atom is -0.347 e. The van der Waals surface area contributed by atoms with Gasteiger partial charge in [0.2, 0.25) is 5.91 Å². The third-order valence-electron chi connectivity index (χ3n) is 4.99. The monoisotopic (exact) mass is 261 g/mol. The Morgan fingerprint density at radius 2 is 1.50 bits per heavy atom. The Morgan fingerprint density at radius 3 is 1.94 bits per heavy atom. The average Bonchev–Trinajstić information content (AvgIpc) is 2.23. The molecule has 0 atom stereocenters. The van der Waals surface area contributed by atoms with E-state index < -0.39 is 12.7 Å². The van der Waals surface area contributed by atoms with Crippen molar-refractivity contribution < 1.29 is 18.0 Å². The van der Waals surface area contributed by atoms with E-state index in [1.165, 1.54) is 6.42 Å². The van der Waals surface area contributed by atoms with Crippen LogP contribution in [-0.4, -0.2) is 18.6 Å². The molecule has 4 rings (SSSR count). The molecular formula is C13H18F3NO. The molecule has 1 N–H and O–H groups in total. The highest BCUT2D eigenvalue weighted by Gasteiger charge is 2.50. The van der Waals surface area contributed by atoms with E-state index in [4.69, 9.17) is 0 Å². The van der Waals surface area contributed by atoms with Crippen molar-refractivity contribution in [2.75, 3.05) is 6.54 Å². The number of alkyl halides is 3. The summed E-state index contributed by atoms with van der Waals surface area (Å²) in [7, 11) is 0. The van der Waals surface area contributed by atoms with E-state index in [2.05, 4.69) is 5.32 Å². The third kappa shape index (κ3) is 2.24. The molecule has 0 unspecified atom stereocenters. The van der Waals surface area contributed by atoms with Crippen LogP contribution in [0.25, 0.3) is 0 Å². The van der Waals surface area contributed by atoms with Gasteiger partial charge >= 0.3 is 6.18 Å². The topological polar surface area (TPSA) is 29.1 Å². The molecule has 0 heterocycles. The molecule has 0 aromatic rings. The van der Waals surface area contributed by atoms with Gasteiger partial charge in [-0.3, -0.25) is 4.79 Å². The Kier molecular flexibility index (Phi) is 2.83. The predicted octanol–water partition coefficient (Wildman–Crippen LogP) is 2.74. The fourth-order valence-electron chi connectivity index (χ4n) is 4.66. The van der Waals surface area contributed by atoms with E-state index >= 15 is 0 Å². The van der Waals surface area contributed by atoms with E-state index in [1.54, 1.807) is 0 Å². The Labute approximate surface area is 104 Å². The van der Waals surface area contributed by atoms with Crippen LogP contribution >= 0.6 is 0 Å². The van der Waals surface area contributed by atoms with Crippen molar-refractivity contribution in [1.29, 1.82) is 0 Å². The Balaban J connectivity index is 1.64. The molecule has 0 aromatic carbocycles. The number of rotatable bonds is 2. The second kappa shape index (κ2) is 4.14. The van der Waals surface area contributed by atoms with Crippen LogP contribution in [0.3, 0.4) is 0 Å². The second-order valence-corrected chi connectivity index (χ2v) is 6.29. The molecule has 4 bridgehead atoms. The van der Waals surface area contributed by atoms with E-state index in [0.717, 1.165) is 37.5 Å². The molecular weight excluding hydrogens is 243 g/mol. The lowest BCUT2D eigenvalue weighted by Gasteiger charge is -2.53. The van der Waals surface area contributed by atoms with Gasteiger partial charge in [0.1, 0.15) is 6.54 Å². The number of nitrogens with one attached hydrogen (secondary N) is 1. The first kappa shape index (κ1) is 12.3. The number of halogens is 3. The molecule has 2 nitrogen and oxygen atoms in total. The van der Waals surface area contributed by atoms with Gasteiger partial charge in [-0.15, -0.1) is 0 Å². The Morgan fingerprint density at radius 1 is 1.00 bits per heavy atom.